The monoisotopic (exact) mass is 369 g/mol. The van der Waals surface area contributed by atoms with E-state index in [2.05, 4.69) is 31.3 Å². The Labute approximate surface area is 162 Å². The van der Waals surface area contributed by atoms with Gasteiger partial charge < -0.3 is 14.5 Å². The molecule has 1 aliphatic carbocycles. The molecule has 1 saturated carbocycles. The third kappa shape index (κ3) is 5.62. The zero-order valence-electron chi connectivity index (χ0n) is 16.5. The fourth-order valence-corrected chi connectivity index (χ4v) is 3.54. The maximum atomic E-state index is 12.4. The maximum absolute atomic E-state index is 12.4. The van der Waals surface area contributed by atoms with Gasteiger partial charge in [0.05, 0.1) is 0 Å². The molecule has 0 saturated heterocycles. The molecule has 1 atom stereocenters. The summed E-state index contributed by atoms with van der Waals surface area (Å²) in [4.78, 5) is 12.4. The second-order valence-electron chi connectivity index (χ2n) is 7.59. The lowest BCUT2D eigenvalue weighted by atomic mass is 9.99. The van der Waals surface area contributed by atoms with E-state index >= 15 is 0 Å². The summed E-state index contributed by atoms with van der Waals surface area (Å²) in [6.07, 6.45) is 8.18. The topological polar surface area (TPSA) is 51.5 Å². The van der Waals surface area contributed by atoms with E-state index in [4.69, 9.17) is 9.15 Å². The highest BCUT2D eigenvalue weighted by Gasteiger charge is 2.18. The highest BCUT2D eigenvalue weighted by Crippen LogP contribution is 2.22. The summed E-state index contributed by atoms with van der Waals surface area (Å²) in [5.41, 5.74) is 1.32. The summed E-state index contributed by atoms with van der Waals surface area (Å²) in [5.74, 6) is 2.27. The number of amides is 1. The molecule has 1 heterocycles. The van der Waals surface area contributed by atoms with Gasteiger partial charge in [-0.1, -0.05) is 51.7 Å². The Bertz CT molecular complexity index is 711. The van der Waals surface area contributed by atoms with Gasteiger partial charge in [0, 0.05) is 6.04 Å². The van der Waals surface area contributed by atoms with Gasteiger partial charge in [-0.3, -0.25) is 4.79 Å². The molecule has 1 N–H and O–H groups in total. The van der Waals surface area contributed by atoms with E-state index in [0.29, 0.717) is 24.0 Å². The van der Waals surface area contributed by atoms with Crippen molar-refractivity contribution in [2.24, 2.45) is 0 Å². The van der Waals surface area contributed by atoms with Gasteiger partial charge >= 0.3 is 0 Å². The molecule has 27 heavy (non-hydrogen) atoms. The number of carbonyl (C=O) groups is 1. The fourth-order valence-electron chi connectivity index (χ4n) is 3.54. The van der Waals surface area contributed by atoms with Crippen LogP contribution in [0.5, 0.6) is 5.75 Å². The van der Waals surface area contributed by atoms with Crippen LogP contribution < -0.4 is 10.1 Å². The van der Waals surface area contributed by atoms with E-state index in [1.807, 2.05) is 18.2 Å². The molecule has 146 valence electrons. The molecule has 3 rings (SSSR count). The number of ether oxygens (including phenoxy) is 1. The molecule has 1 unspecified atom stereocenters. The fraction of sp³-hybridized carbons (Fsp3) is 0.522. The van der Waals surface area contributed by atoms with Gasteiger partial charge in [0.1, 0.15) is 18.1 Å². The first-order valence-electron chi connectivity index (χ1n) is 10.3. The molecule has 0 spiro atoms. The van der Waals surface area contributed by atoms with Crippen LogP contribution in [0.2, 0.25) is 0 Å². The number of rotatable bonds is 7. The lowest BCUT2D eigenvalue weighted by molar-refractivity contribution is 0.0901. The Morgan fingerprint density at radius 2 is 1.81 bits per heavy atom. The van der Waals surface area contributed by atoms with E-state index < -0.39 is 0 Å². The van der Waals surface area contributed by atoms with Gasteiger partial charge in [-0.15, -0.1) is 0 Å². The van der Waals surface area contributed by atoms with Crippen molar-refractivity contribution < 1.29 is 13.9 Å². The van der Waals surface area contributed by atoms with Gasteiger partial charge in [-0.05, 0) is 55.0 Å². The minimum Gasteiger partial charge on any atom is -0.486 e. The van der Waals surface area contributed by atoms with E-state index in [1.54, 1.807) is 6.07 Å². The van der Waals surface area contributed by atoms with Crippen molar-refractivity contribution in [1.82, 2.24) is 5.32 Å². The summed E-state index contributed by atoms with van der Waals surface area (Å²) in [5, 5.41) is 3.11. The van der Waals surface area contributed by atoms with Crippen LogP contribution in [0.15, 0.2) is 40.8 Å². The number of nitrogens with one attached hydrogen (secondary N) is 1. The Morgan fingerprint density at radius 1 is 1.11 bits per heavy atom. The minimum absolute atomic E-state index is 0.119. The first kappa shape index (κ1) is 19.5. The molecule has 1 aliphatic rings. The quantitative estimate of drug-likeness (QED) is 0.625. The first-order chi connectivity index (χ1) is 13.2. The Morgan fingerprint density at radius 3 is 2.48 bits per heavy atom. The zero-order chi connectivity index (χ0) is 19.1. The number of hydrogen-bond donors (Lipinski definition) is 1. The van der Waals surface area contributed by atoms with Crippen LogP contribution in [0.25, 0.3) is 0 Å². The zero-order valence-corrected chi connectivity index (χ0v) is 16.5. The van der Waals surface area contributed by atoms with Crippen molar-refractivity contribution in [3.63, 3.8) is 0 Å². The molecule has 0 radical (unpaired) electrons. The summed E-state index contributed by atoms with van der Waals surface area (Å²) in [6, 6.07) is 12.0. The van der Waals surface area contributed by atoms with Gasteiger partial charge in [0.25, 0.3) is 5.91 Å². The summed E-state index contributed by atoms with van der Waals surface area (Å²) in [7, 11) is 0. The molecule has 1 fully saturated rings. The van der Waals surface area contributed by atoms with E-state index in [9.17, 15) is 4.79 Å². The summed E-state index contributed by atoms with van der Waals surface area (Å²) in [6.45, 7) is 4.73. The van der Waals surface area contributed by atoms with Crippen LogP contribution in [0.4, 0.5) is 0 Å². The largest absolute Gasteiger partial charge is 0.486 e. The predicted molar refractivity (Wildman–Crippen MR) is 107 cm³/mol. The van der Waals surface area contributed by atoms with Crippen LogP contribution in [-0.2, 0) is 6.61 Å². The van der Waals surface area contributed by atoms with E-state index in [0.717, 1.165) is 25.0 Å². The van der Waals surface area contributed by atoms with Crippen molar-refractivity contribution in [1.29, 1.82) is 0 Å². The molecule has 1 aromatic heterocycles. The second-order valence-corrected chi connectivity index (χ2v) is 7.59. The molecule has 0 aliphatic heterocycles. The number of furan rings is 1. The van der Waals surface area contributed by atoms with Gasteiger partial charge in [-0.2, -0.15) is 0 Å². The van der Waals surface area contributed by atoms with Crippen molar-refractivity contribution in [3.05, 3.63) is 53.5 Å². The lowest BCUT2D eigenvalue weighted by Gasteiger charge is -2.15. The maximum Gasteiger partial charge on any atom is 0.287 e. The highest BCUT2D eigenvalue weighted by atomic mass is 16.5. The molecule has 0 bridgehead atoms. The Balaban J connectivity index is 1.50. The van der Waals surface area contributed by atoms with Crippen molar-refractivity contribution >= 4 is 5.91 Å². The Kier molecular flexibility index (Phi) is 6.97. The van der Waals surface area contributed by atoms with Crippen LogP contribution in [0, 0.1) is 0 Å². The molecule has 1 aromatic carbocycles. The highest BCUT2D eigenvalue weighted by molar-refractivity contribution is 5.91. The van der Waals surface area contributed by atoms with Crippen LogP contribution in [-0.4, -0.2) is 11.9 Å². The molecule has 4 heteroatoms. The normalized spacial score (nSPS) is 16.5. The minimum atomic E-state index is -0.119. The molecular weight excluding hydrogens is 338 g/mol. The smallest absolute Gasteiger partial charge is 0.287 e. The molecule has 1 amide bonds. The number of hydrogen-bond acceptors (Lipinski definition) is 3. The second kappa shape index (κ2) is 9.63. The molecular formula is C23H31NO3. The van der Waals surface area contributed by atoms with Gasteiger partial charge in [0.2, 0.25) is 0 Å². The SMILES string of the molecule is CCC(C)c1ccc(OCc2ccc(C(=O)NC3CCCCCC3)o2)cc1. The number of carbonyl (C=O) groups excluding carboxylic acids is 1. The molecule has 4 nitrogen and oxygen atoms in total. The van der Waals surface area contributed by atoms with Crippen molar-refractivity contribution in [3.8, 4) is 5.75 Å². The van der Waals surface area contributed by atoms with Crippen LogP contribution >= 0.6 is 0 Å². The van der Waals surface area contributed by atoms with E-state index in [1.165, 1.54) is 31.2 Å². The standard InChI is InChI=1S/C23H31NO3/c1-3-17(2)18-10-12-20(13-11-18)26-16-21-14-15-22(27-21)23(25)24-19-8-6-4-5-7-9-19/h10-15,17,19H,3-9,16H2,1-2H3,(H,24,25). The van der Waals surface area contributed by atoms with Crippen LogP contribution in [0.1, 0.15) is 86.6 Å². The van der Waals surface area contributed by atoms with E-state index in [-0.39, 0.29) is 11.9 Å². The average molecular weight is 370 g/mol. The summed E-state index contributed by atoms with van der Waals surface area (Å²) < 4.78 is 11.5. The van der Waals surface area contributed by atoms with Gasteiger partial charge in [-0.25, -0.2) is 0 Å². The number of benzene rings is 1. The van der Waals surface area contributed by atoms with Crippen LogP contribution in [0.3, 0.4) is 0 Å². The first-order valence-corrected chi connectivity index (χ1v) is 10.3. The third-order valence-corrected chi connectivity index (χ3v) is 5.52. The lowest BCUT2D eigenvalue weighted by Crippen LogP contribution is -2.34. The van der Waals surface area contributed by atoms with Gasteiger partial charge in [0.15, 0.2) is 5.76 Å². The summed E-state index contributed by atoms with van der Waals surface area (Å²) >= 11 is 0. The van der Waals surface area contributed by atoms with Crippen molar-refractivity contribution in [2.75, 3.05) is 0 Å². The third-order valence-electron chi connectivity index (χ3n) is 5.52. The molecule has 2 aromatic rings. The van der Waals surface area contributed by atoms with Crippen molar-refractivity contribution in [2.45, 2.75) is 77.4 Å². The Hall–Kier alpha value is -2.23. The average Bonchev–Trinajstić information content (AvgIpc) is 3.03. The predicted octanol–water partition coefficient (Wildman–Crippen LogP) is 5.82.